The predicted octanol–water partition coefficient (Wildman–Crippen LogP) is 2.51. The molecule has 0 aromatic carbocycles. The van der Waals surface area contributed by atoms with Gasteiger partial charge >= 0.3 is 0 Å². The van der Waals surface area contributed by atoms with Crippen molar-refractivity contribution in [1.82, 2.24) is 9.80 Å². The van der Waals surface area contributed by atoms with Crippen LogP contribution in [0.1, 0.15) is 51.9 Å². The smallest absolute Gasteiger partial charge is 0.230 e. The highest BCUT2D eigenvalue weighted by molar-refractivity contribution is 5.84. The van der Waals surface area contributed by atoms with Crippen molar-refractivity contribution >= 4 is 5.91 Å². The number of hydrogen-bond donors (Lipinski definition) is 0. The van der Waals surface area contributed by atoms with Crippen molar-refractivity contribution in [2.45, 2.75) is 51.9 Å². The standard InChI is InChI=1S/C18H28N2O/c1-2-3-4-11-19-13-10-18(15-19)9-6-12-20(17(18)21)14-16-7-5-8-16/h16H,2,5-15H2,1H3. The van der Waals surface area contributed by atoms with Gasteiger partial charge in [0.1, 0.15) is 0 Å². The largest absolute Gasteiger partial charge is 0.342 e. The minimum Gasteiger partial charge on any atom is -0.342 e. The average molecular weight is 288 g/mol. The van der Waals surface area contributed by atoms with Crippen molar-refractivity contribution in [1.29, 1.82) is 0 Å². The van der Waals surface area contributed by atoms with Crippen LogP contribution in [0.3, 0.4) is 0 Å². The summed E-state index contributed by atoms with van der Waals surface area (Å²) in [4.78, 5) is 17.5. The topological polar surface area (TPSA) is 23.6 Å². The van der Waals surface area contributed by atoms with Crippen LogP contribution in [-0.2, 0) is 4.79 Å². The van der Waals surface area contributed by atoms with E-state index in [2.05, 4.69) is 28.6 Å². The normalized spacial score (nSPS) is 30.3. The monoisotopic (exact) mass is 288 g/mol. The molecule has 0 radical (unpaired) electrons. The van der Waals surface area contributed by atoms with Gasteiger partial charge in [-0.3, -0.25) is 9.69 Å². The van der Waals surface area contributed by atoms with Crippen LogP contribution < -0.4 is 0 Å². The van der Waals surface area contributed by atoms with Gasteiger partial charge in [-0.15, -0.1) is 5.92 Å². The number of amides is 1. The molecule has 1 aliphatic carbocycles. The molecule has 1 saturated carbocycles. The summed E-state index contributed by atoms with van der Waals surface area (Å²) in [5.41, 5.74) is -0.0735. The van der Waals surface area contributed by atoms with Crippen molar-refractivity contribution in [3.05, 3.63) is 0 Å². The van der Waals surface area contributed by atoms with Crippen molar-refractivity contribution in [3.63, 3.8) is 0 Å². The number of carbonyl (C=O) groups is 1. The molecule has 3 fully saturated rings. The van der Waals surface area contributed by atoms with Crippen LogP contribution in [0.2, 0.25) is 0 Å². The summed E-state index contributed by atoms with van der Waals surface area (Å²) in [7, 11) is 0. The van der Waals surface area contributed by atoms with Crippen LogP contribution in [-0.4, -0.2) is 48.4 Å². The molecule has 21 heavy (non-hydrogen) atoms. The maximum Gasteiger partial charge on any atom is 0.230 e. The molecular weight excluding hydrogens is 260 g/mol. The molecule has 1 amide bonds. The first kappa shape index (κ1) is 14.9. The highest BCUT2D eigenvalue weighted by Crippen LogP contribution is 2.41. The van der Waals surface area contributed by atoms with E-state index in [0.717, 1.165) is 57.9 Å². The lowest BCUT2D eigenvalue weighted by atomic mass is 9.77. The molecule has 3 aliphatic rings. The predicted molar refractivity (Wildman–Crippen MR) is 84.7 cm³/mol. The van der Waals surface area contributed by atoms with Gasteiger partial charge in [-0.05, 0) is 38.0 Å². The highest BCUT2D eigenvalue weighted by atomic mass is 16.2. The van der Waals surface area contributed by atoms with E-state index in [1.54, 1.807) is 0 Å². The Labute approximate surface area is 129 Å². The van der Waals surface area contributed by atoms with Crippen LogP contribution in [0.15, 0.2) is 0 Å². The van der Waals surface area contributed by atoms with Gasteiger partial charge in [0.15, 0.2) is 0 Å². The third kappa shape index (κ3) is 3.11. The molecule has 1 atom stereocenters. The zero-order valence-electron chi connectivity index (χ0n) is 13.4. The fourth-order valence-electron chi connectivity index (χ4n) is 4.08. The third-order valence-corrected chi connectivity index (χ3v) is 5.56. The summed E-state index contributed by atoms with van der Waals surface area (Å²) < 4.78 is 0. The van der Waals surface area contributed by atoms with Crippen LogP contribution >= 0.6 is 0 Å². The Balaban J connectivity index is 1.59. The van der Waals surface area contributed by atoms with E-state index >= 15 is 0 Å². The molecule has 0 N–H and O–H groups in total. The second-order valence-corrected chi connectivity index (χ2v) is 7.10. The second-order valence-electron chi connectivity index (χ2n) is 7.10. The molecule has 2 aliphatic heterocycles. The number of likely N-dealkylation sites (tertiary alicyclic amines) is 2. The summed E-state index contributed by atoms with van der Waals surface area (Å²) in [5.74, 6) is 7.61. The lowest BCUT2D eigenvalue weighted by Crippen LogP contribution is -2.51. The van der Waals surface area contributed by atoms with Crippen molar-refractivity contribution in [2.24, 2.45) is 11.3 Å². The Bertz CT molecular complexity index is 446. The van der Waals surface area contributed by atoms with Gasteiger partial charge in [0.25, 0.3) is 0 Å². The maximum atomic E-state index is 13.0. The van der Waals surface area contributed by atoms with Gasteiger partial charge < -0.3 is 4.90 Å². The van der Waals surface area contributed by atoms with E-state index in [1.165, 1.54) is 25.7 Å². The van der Waals surface area contributed by atoms with E-state index < -0.39 is 0 Å². The van der Waals surface area contributed by atoms with Gasteiger partial charge in [-0.2, -0.15) is 0 Å². The lowest BCUT2D eigenvalue weighted by Gasteiger charge is -2.42. The summed E-state index contributed by atoms with van der Waals surface area (Å²) in [6, 6.07) is 0. The first-order valence-electron chi connectivity index (χ1n) is 8.71. The van der Waals surface area contributed by atoms with Crippen molar-refractivity contribution in [2.75, 3.05) is 32.7 Å². The fraction of sp³-hybridized carbons (Fsp3) is 0.833. The molecule has 2 saturated heterocycles. The van der Waals surface area contributed by atoms with Crippen molar-refractivity contribution < 1.29 is 4.79 Å². The molecule has 2 heterocycles. The Morgan fingerprint density at radius 2 is 2.05 bits per heavy atom. The molecule has 1 unspecified atom stereocenters. The molecule has 0 aromatic rings. The van der Waals surface area contributed by atoms with Gasteiger partial charge in [0, 0.05) is 32.6 Å². The first-order chi connectivity index (χ1) is 10.2. The third-order valence-electron chi connectivity index (χ3n) is 5.56. The number of nitrogens with zero attached hydrogens (tertiary/aromatic N) is 2. The van der Waals surface area contributed by atoms with Crippen LogP contribution in [0.4, 0.5) is 0 Å². The zero-order chi connectivity index (χ0) is 14.7. The molecular formula is C18H28N2O. The summed E-state index contributed by atoms with van der Waals surface area (Å²) in [6.45, 7) is 6.92. The zero-order valence-corrected chi connectivity index (χ0v) is 13.4. The summed E-state index contributed by atoms with van der Waals surface area (Å²) in [6.07, 6.45) is 8.26. The molecule has 1 spiro atoms. The fourth-order valence-corrected chi connectivity index (χ4v) is 4.08. The molecule has 0 bridgehead atoms. The van der Waals surface area contributed by atoms with Crippen LogP contribution in [0.5, 0.6) is 0 Å². The van der Waals surface area contributed by atoms with E-state index in [9.17, 15) is 4.79 Å². The van der Waals surface area contributed by atoms with E-state index in [-0.39, 0.29) is 5.41 Å². The lowest BCUT2D eigenvalue weighted by molar-refractivity contribution is -0.146. The van der Waals surface area contributed by atoms with Crippen molar-refractivity contribution in [3.8, 4) is 11.8 Å². The minimum atomic E-state index is -0.0735. The molecule has 116 valence electrons. The van der Waals surface area contributed by atoms with Gasteiger partial charge in [-0.1, -0.05) is 19.3 Å². The molecule has 3 nitrogen and oxygen atoms in total. The van der Waals surface area contributed by atoms with Gasteiger partial charge in [0.05, 0.1) is 12.0 Å². The molecule has 0 aromatic heterocycles. The van der Waals surface area contributed by atoms with Crippen LogP contribution in [0.25, 0.3) is 0 Å². The van der Waals surface area contributed by atoms with Gasteiger partial charge in [-0.25, -0.2) is 0 Å². The molecule has 3 rings (SSSR count). The quantitative estimate of drug-likeness (QED) is 0.745. The minimum absolute atomic E-state index is 0.0735. The average Bonchev–Trinajstić information content (AvgIpc) is 2.83. The Morgan fingerprint density at radius 1 is 1.19 bits per heavy atom. The highest BCUT2D eigenvalue weighted by Gasteiger charge is 2.48. The molecule has 3 heteroatoms. The number of carbonyl (C=O) groups excluding carboxylic acids is 1. The van der Waals surface area contributed by atoms with E-state index in [1.807, 2.05) is 0 Å². The Hall–Kier alpha value is -1.01. The summed E-state index contributed by atoms with van der Waals surface area (Å²) in [5, 5.41) is 0. The first-order valence-corrected chi connectivity index (χ1v) is 8.71. The van der Waals surface area contributed by atoms with E-state index in [0.29, 0.717) is 5.91 Å². The number of piperidine rings is 1. The SMILES string of the molecule is CCC#CCN1CCC2(CCCN(CC3CCC3)C2=O)C1. The summed E-state index contributed by atoms with van der Waals surface area (Å²) >= 11 is 0. The van der Waals surface area contributed by atoms with E-state index in [4.69, 9.17) is 0 Å². The number of hydrogen-bond acceptors (Lipinski definition) is 2. The number of rotatable bonds is 3. The maximum absolute atomic E-state index is 13.0. The Morgan fingerprint density at radius 3 is 2.76 bits per heavy atom. The second kappa shape index (κ2) is 6.40. The van der Waals surface area contributed by atoms with Crippen LogP contribution in [0, 0.1) is 23.2 Å². The Kier molecular flexibility index (Phi) is 4.54. The van der Waals surface area contributed by atoms with Gasteiger partial charge in [0.2, 0.25) is 5.91 Å².